The van der Waals surface area contributed by atoms with Gasteiger partial charge in [0.1, 0.15) is 35.5 Å². The van der Waals surface area contributed by atoms with Gasteiger partial charge in [-0.3, -0.25) is 0 Å². The summed E-state index contributed by atoms with van der Waals surface area (Å²) in [4.78, 5) is 11.9. The van der Waals surface area contributed by atoms with Crippen LogP contribution in [0.15, 0.2) is 35.3 Å². The normalized spacial score (nSPS) is 14.8. The summed E-state index contributed by atoms with van der Waals surface area (Å²) in [6.45, 7) is 4.91. The van der Waals surface area contributed by atoms with Crippen LogP contribution < -0.4 is 5.73 Å². The van der Waals surface area contributed by atoms with E-state index in [1.807, 2.05) is 0 Å². The van der Waals surface area contributed by atoms with E-state index in [0.717, 1.165) is 6.07 Å². The van der Waals surface area contributed by atoms with E-state index < -0.39 is 23.3 Å². The highest BCUT2D eigenvalue weighted by atomic mass is 19.1. The third-order valence-electron chi connectivity index (χ3n) is 4.42. The minimum absolute atomic E-state index is 0.0346. The number of halogens is 2. The fraction of sp³-hybridized carbons (Fsp3) is 0.316. The van der Waals surface area contributed by atoms with Crippen molar-refractivity contribution in [1.82, 2.24) is 15.0 Å². The first kappa shape index (κ1) is 19.1. The molecule has 8 heteroatoms. The summed E-state index contributed by atoms with van der Waals surface area (Å²) in [5, 5.41) is 10.5. The second-order valence-corrected chi connectivity index (χ2v) is 6.75. The Labute approximate surface area is 155 Å². The van der Waals surface area contributed by atoms with E-state index >= 15 is 0 Å². The number of aromatic nitrogens is 3. The van der Waals surface area contributed by atoms with Crippen LogP contribution >= 0.6 is 0 Å². The monoisotopic (exact) mass is 374 g/mol. The minimum atomic E-state index is -1.29. The molecule has 1 aromatic carbocycles. The molecule has 142 valence electrons. The van der Waals surface area contributed by atoms with E-state index in [2.05, 4.69) is 15.0 Å². The Balaban J connectivity index is 1.97. The van der Waals surface area contributed by atoms with Crippen LogP contribution in [0, 0.1) is 25.5 Å². The zero-order valence-electron chi connectivity index (χ0n) is 15.2. The van der Waals surface area contributed by atoms with Gasteiger partial charge in [-0.15, -0.1) is 0 Å². The minimum Gasteiger partial charge on any atom is -0.446 e. The number of nitrogens with two attached hydrogens (primary N) is 1. The summed E-state index contributed by atoms with van der Waals surface area (Å²) in [5.74, 6) is -0.652. The Hall–Kier alpha value is -2.71. The van der Waals surface area contributed by atoms with Crippen molar-refractivity contribution < 1.29 is 18.3 Å². The first-order valence-electron chi connectivity index (χ1n) is 8.35. The van der Waals surface area contributed by atoms with Crippen molar-refractivity contribution in [2.75, 3.05) is 0 Å². The van der Waals surface area contributed by atoms with Crippen molar-refractivity contribution in [1.29, 1.82) is 0 Å². The van der Waals surface area contributed by atoms with Gasteiger partial charge in [0.25, 0.3) is 0 Å². The van der Waals surface area contributed by atoms with Gasteiger partial charge in [-0.1, -0.05) is 0 Å². The molecule has 3 N–H and O–H groups in total. The molecule has 0 amide bonds. The average molecular weight is 374 g/mol. The van der Waals surface area contributed by atoms with E-state index in [4.69, 9.17) is 10.2 Å². The largest absolute Gasteiger partial charge is 0.446 e. The van der Waals surface area contributed by atoms with Crippen molar-refractivity contribution in [3.63, 3.8) is 0 Å². The topological polar surface area (TPSA) is 98.1 Å². The van der Waals surface area contributed by atoms with Crippen LogP contribution in [0.2, 0.25) is 0 Å². The standard InChI is InChI=1S/C19H20F2N4O2/c1-10-18(25-11(2)27-10)17(26)6-19(3,22)14-4-13(15(20)5-16(14)21)12-7-23-9-24-8-12/h4-5,7-9,17,26H,6,22H2,1-3H3/t17-,19+/m1/s1. The molecule has 0 saturated heterocycles. The van der Waals surface area contributed by atoms with Gasteiger partial charge in [-0.2, -0.15) is 0 Å². The average Bonchev–Trinajstić information content (AvgIpc) is 2.93. The molecule has 2 aromatic heterocycles. The smallest absolute Gasteiger partial charge is 0.191 e. The number of benzene rings is 1. The van der Waals surface area contributed by atoms with Crippen molar-refractivity contribution in [2.24, 2.45) is 5.73 Å². The number of hydrogen-bond acceptors (Lipinski definition) is 6. The van der Waals surface area contributed by atoms with Crippen LogP contribution in [0.4, 0.5) is 8.78 Å². The Bertz CT molecular complexity index is 958. The highest BCUT2D eigenvalue weighted by Gasteiger charge is 2.31. The third-order valence-corrected chi connectivity index (χ3v) is 4.42. The summed E-state index contributed by atoms with van der Waals surface area (Å²) >= 11 is 0. The molecule has 3 rings (SSSR count). The molecule has 0 aliphatic carbocycles. The lowest BCUT2D eigenvalue weighted by Crippen LogP contribution is -2.36. The maximum atomic E-state index is 14.5. The molecule has 0 aliphatic heterocycles. The summed E-state index contributed by atoms with van der Waals surface area (Å²) in [6, 6.07) is 2.11. The molecular formula is C19H20F2N4O2. The van der Waals surface area contributed by atoms with E-state index in [0.29, 0.717) is 22.9 Å². The molecule has 6 nitrogen and oxygen atoms in total. The number of aliphatic hydroxyl groups excluding tert-OH is 1. The van der Waals surface area contributed by atoms with Crippen molar-refractivity contribution in [3.05, 3.63) is 65.4 Å². The van der Waals surface area contributed by atoms with Gasteiger partial charge in [-0.25, -0.2) is 23.7 Å². The highest BCUT2D eigenvalue weighted by Crippen LogP contribution is 2.35. The molecule has 0 saturated carbocycles. The van der Waals surface area contributed by atoms with Crippen LogP contribution in [0.3, 0.4) is 0 Å². The number of nitrogens with zero attached hydrogens (tertiary/aromatic N) is 3. The van der Waals surface area contributed by atoms with Crippen LogP contribution in [0.25, 0.3) is 11.1 Å². The molecule has 2 atom stereocenters. The molecule has 27 heavy (non-hydrogen) atoms. The van der Waals surface area contributed by atoms with Crippen LogP contribution in [-0.4, -0.2) is 20.1 Å². The van der Waals surface area contributed by atoms with Gasteiger partial charge in [0, 0.05) is 54.0 Å². The summed E-state index contributed by atoms with van der Waals surface area (Å²) in [7, 11) is 0. The second kappa shape index (κ2) is 7.13. The van der Waals surface area contributed by atoms with Gasteiger partial charge >= 0.3 is 0 Å². The van der Waals surface area contributed by atoms with Gasteiger partial charge in [0.05, 0.1) is 0 Å². The van der Waals surface area contributed by atoms with Crippen LogP contribution in [0.5, 0.6) is 0 Å². The van der Waals surface area contributed by atoms with Crippen molar-refractivity contribution in [3.8, 4) is 11.1 Å². The Kier molecular flexibility index (Phi) is 5.03. The zero-order valence-corrected chi connectivity index (χ0v) is 15.2. The van der Waals surface area contributed by atoms with Gasteiger partial charge in [0.15, 0.2) is 5.89 Å². The lowest BCUT2D eigenvalue weighted by Gasteiger charge is -2.28. The molecule has 0 aliphatic rings. The molecule has 0 bridgehead atoms. The number of aryl methyl sites for hydroxylation is 2. The summed E-state index contributed by atoms with van der Waals surface area (Å²) < 4.78 is 34.1. The Morgan fingerprint density at radius 2 is 1.85 bits per heavy atom. The van der Waals surface area contributed by atoms with Crippen LogP contribution in [-0.2, 0) is 5.54 Å². The first-order valence-corrected chi connectivity index (χ1v) is 8.35. The highest BCUT2D eigenvalue weighted by molar-refractivity contribution is 5.63. The molecular weight excluding hydrogens is 354 g/mol. The van der Waals surface area contributed by atoms with Gasteiger partial charge < -0.3 is 15.3 Å². The number of hydrogen-bond donors (Lipinski definition) is 2. The third kappa shape index (κ3) is 3.86. The van der Waals surface area contributed by atoms with E-state index in [1.54, 1.807) is 20.8 Å². The molecule has 0 unspecified atom stereocenters. The summed E-state index contributed by atoms with van der Waals surface area (Å²) in [6.07, 6.45) is 3.07. The lowest BCUT2D eigenvalue weighted by molar-refractivity contribution is 0.131. The predicted molar refractivity (Wildman–Crippen MR) is 94.5 cm³/mol. The van der Waals surface area contributed by atoms with E-state index in [1.165, 1.54) is 24.8 Å². The van der Waals surface area contributed by atoms with Crippen molar-refractivity contribution in [2.45, 2.75) is 38.8 Å². The maximum Gasteiger partial charge on any atom is 0.191 e. The van der Waals surface area contributed by atoms with Crippen molar-refractivity contribution >= 4 is 0 Å². The number of oxazole rings is 1. The molecule has 0 fully saturated rings. The van der Waals surface area contributed by atoms with Gasteiger partial charge in [-0.05, 0) is 19.9 Å². The SMILES string of the molecule is Cc1nc([C@H](O)C[C@](C)(N)c2cc(-c3cncnc3)c(F)cc2F)c(C)o1. The molecule has 3 aromatic rings. The van der Waals surface area contributed by atoms with Gasteiger partial charge in [0.2, 0.25) is 0 Å². The second-order valence-electron chi connectivity index (χ2n) is 6.75. The van der Waals surface area contributed by atoms with E-state index in [-0.39, 0.29) is 17.5 Å². The first-order chi connectivity index (χ1) is 12.7. The Morgan fingerprint density at radius 1 is 1.19 bits per heavy atom. The lowest BCUT2D eigenvalue weighted by atomic mass is 9.84. The summed E-state index contributed by atoms with van der Waals surface area (Å²) in [5.41, 5.74) is 5.98. The zero-order chi connectivity index (χ0) is 19.8. The molecule has 0 spiro atoms. The molecule has 2 heterocycles. The number of aliphatic hydroxyl groups is 1. The Morgan fingerprint density at radius 3 is 2.44 bits per heavy atom. The fourth-order valence-corrected chi connectivity index (χ4v) is 3.11. The molecule has 0 radical (unpaired) electrons. The van der Waals surface area contributed by atoms with E-state index in [9.17, 15) is 13.9 Å². The predicted octanol–water partition coefficient (Wildman–Crippen LogP) is 3.32. The van der Waals surface area contributed by atoms with Crippen LogP contribution in [0.1, 0.15) is 42.4 Å². The maximum absolute atomic E-state index is 14.5. The quantitative estimate of drug-likeness (QED) is 0.711. The number of rotatable bonds is 5. The fourth-order valence-electron chi connectivity index (χ4n) is 3.11.